The molecule has 0 aliphatic rings. The van der Waals surface area contributed by atoms with E-state index >= 15 is 0 Å². The molecule has 8 nitrogen and oxygen atoms in total. The summed E-state index contributed by atoms with van der Waals surface area (Å²) in [6, 6.07) is 1.54. The molecule has 0 saturated heterocycles. The predicted octanol–water partition coefficient (Wildman–Crippen LogP) is 0.973. The maximum Gasteiger partial charge on any atom is 0.267 e. The molecule has 112 valence electrons. The van der Waals surface area contributed by atoms with E-state index < -0.39 is 9.84 Å². The van der Waals surface area contributed by atoms with Gasteiger partial charge in [-0.25, -0.2) is 18.4 Å². The van der Waals surface area contributed by atoms with Gasteiger partial charge in [-0.05, 0) is 0 Å². The van der Waals surface area contributed by atoms with Crippen LogP contribution in [0, 0.1) is 0 Å². The van der Waals surface area contributed by atoms with Gasteiger partial charge < -0.3 is 9.47 Å². The number of rotatable bonds is 5. The van der Waals surface area contributed by atoms with E-state index in [9.17, 15) is 8.42 Å². The van der Waals surface area contributed by atoms with Gasteiger partial charge in [0, 0.05) is 25.6 Å². The van der Waals surface area contributed by atoms with Crippen LogP contribution in [0.5, 0.6) is 5.75 Å². The zero-order valence-corrected chi connectivity index (χ0v) is 12.7. The summed E-state index contributed by atoms with van der Waals surface area (Å²) in [6.07, 6.45) is 3.65. The van der Waals surface area contributed by atoms with E-state index in [-0.39, 0.29) is 17.6 Å². The van der Waals surface area contributed by atoms with Crippen molar-refractivity contribution in [2.75, 3.05) is 20.2 Å². The number of aromatic nitrogens is 4. The van der Waals surface area contributed by atoms with E-state index in [1.54, 1.807) is 0 Å². The smallest absolute Gasteiger partial charge is 0.267 e. The molecule has 0 unspecified atom stereocenters. The van der Waals surface area contributed by atoms with Gasteiger partial charge in [-0.2, -0.15) is 0 Å². The quantitative estimate of drug-likeness (QED) is 0.747. The molecule has 2 rings (SSSR count). The fourth-order valence-corrected chi connectivity index (χ4v) is 1.97. The molecular weight excluding hydrogens is 320 g/mol. The van der Waals surface area contributed by atoms with Gasteiger partial charge in [0.15, 0.2) is 12.5 Å². The number of sulfone groups is 1. The van der Waals surface area contributed by atoms with E-state index in [1.165, 1.54) is 25.6 Å². The van der Waals surface area contributed by atoms with Crippen molar-refractivity contribution in [3.05, 3.63) is 23.5 Å². The summed E-state index contributed by atoms with van der Waals surface area (Å²) in [5.74, 6) is 0.326. The van der Waals surface area contributed by atoms with Crippen molar-refractivity contribution in [3.8, 4) is 17.1 Å². The zero-order chi connectivity index (χ0) is 15.5. The molecule has 0 aromatic carbocycles. The van der Waals surface area contributed by atoms with Crippen molar-refractivity contribution < 1.29 is 17.9 Å². The molecule has 2 heterocycles. The van der Waals surface area contributed by atoms with Gasteiger partial charge in [-0.1, -0.05) is 11.6 Å². The van der Waals surface area contributed by atoms with E-state index in [1.807, 2.05) is 0 Å². The van der Waals surface area contributed by atoms with Gasteiger partial charge in [0.25, 0.3) is 5.16 Å². The molecule has 0 radical (unpaired) electrons. The van der Waals surface area contributed by atoms with E-state index in [2.05, 4.69) is 20.2 Å². The highest BCUT2D eigenvalue weighted by molar-refractivity contribution is 7.90. The largest absolute Gasteiger partial charge is 0.465 e. The molecule has 2 aromatic heterocycles. The number of halogens is 1. The van der Waals surface area contributed by atoms with E-state index in [0.29, 0.717) is 16.5 Å². The highest BCUT2D eigenvalue weighted by Crippen LogP contribution is 2.28. The highest BCUT2D eigenvalue weighted by Gasteiger charge is 2.15. The fraction of sp³-hybridized carbons (Fsp3) is 0.273. The summed E-state index contributed by atoms with van der Waals surface area (Å²) in [5.41, 5.74) is 0.585. The van der Waals surface area contributed by atoms with Crippen LogP contribution >= 0.6 is 11.6 Å². The zero-order valence-electron chi connectivity index (χ0n) is 11.1. The first-order chi connectivity index (χ1) is 9.91. The minimum atomic E-state index is -3.51. The maximum absolute atomic E-state index is 11.3. The molecule has 10 heteroatoms. The molecule has 0 fully saturated rings. The third-order valence-corrected chi connectivity index (χ3v) is 3.32. The van der Waals surface area contributed by atoms with Crippen molar-refractivity contribution in [2.45, 2.75) is 5.16 Å². The number of hydrogen-bond acceptors (Lipinski definition) is 8. The monoisotopic (exact) mass is 330 g/mol. The van der Waals surface area contributed by atoms with Gasteiger partial charge in [-0.3, -0.25) is 0 Å². The summed E-state index contributed by atoms with van der Waals surface area (Å²) < 4.78 is 32.7. The third kappa shape index (κ3) is 3.84. The van der Waals surface area contributed by atoms with E-state index in [4.69, 9.17) is 21.1 Å². The van der Waals surface area contributed by atoms with Gasteiger partial charge in [0.1, 0.15) is 11.4 Å². The van der Waals surface area contributed by atoms with Crippen molar-refractivity contribution in [1.82, 2.24) is 20.2 Å². The number of hydrogen-bond donors (Lipinski definition) is 0. The normalized spacial score (nSPS) is 11.4. The first-order valence-corrected chi connectivity index (χ1v) is 7.86. The molecule has 0 aliphatic heterocycles. The second-order valence-electron chi connectivity index (χ2n) is 3.95. The standard InChI is InChI=1S/C11H11ClN4O4S/c1-19-6-20-9-3-7(12)4-13-10(9)8-5-14-11(16-15-8)21(2,17)18/h3-5H,6H2,1-2H3. The number of nitrogens with zero attached hydrogens (tertiary/aromatic N) is 4. The van der Waals surface area contributed by atoms with Crippen LogP contribution in [0.25, 0.3) is 11.4 Å². The third-order valence-electron chi connectivity index (χ3n) is 2.27. The van der Waals surface area contributed by atoms with Crippen LogP contribution in [0.4, 0.5) is 0 Å². The molecular formula is C11H11ClN4O4S. The SMILES string of the molecule is COCOc1cc(Cl)cnc1-c1cnc(S(C)(=O)=O)nn1. The molecule has 2 aromatic rings. The molecule has 0 amide bonds. The fourth-order valence-electron chi connectivity index (χ4n) is 1.39. The summed E-state index contributed by atoms with van der Waals surface area (Å²) in [6.45, 7) is -0.00268. The van der Waals surface area contributed by atoms with Crippen molar-refractivity contribution in [2.24, 2.45) is 0 Å². The molecule has 0 aliphatic carbocycles. The van der Waals surface area contributed by atoms with Crippen LogP contribution in [-0.2, 0) is 14.6 Å². The average Bonchev–Trinajstić information content (AvgIpc) is 2.44. The molecule has 0 saturated carbocycles. The Morgan fingerprint density at radius 2 is 2.00 bits per heavy atom. The van der Waals surface area contributed by atoms with Crippen molar-refractivity contribution in [1.29, 1.82) is 0 Å². The lowest BCUT2D eigenvalue weighted by Gasteiger charge is -2.09. The Labute approximate surface area is 126 Å². The Bertz CT molecular complexity index is 736. The minimum absolute atomic E-state index is 0.00268. The average molecular weight is 331 g/mol. The van der Waals surface area contributed by atoms with Gasteiger partial charge in [0.05, 0.1) is 11.2 Å². The Hall–Kier alpha value is -1.84. The van der Waals surface area contributed by atoms with Gasteiger partial charge in [0.2, 0.25) is 9.84 Å². The first kappa shape index (κ1) is 15.5. The van der Waals surface area contributed by atoms with E-state index in [0.717, 1.165) is 6.26 Å². The summed E-state index contributed by atoms with van der Waals surface area (Å²) in [5, 5.41) is 7.37. The Kier molecular flexibility index (Phi) is 4.66. The van der Waals surface area contributed by atoms with Crippen LogP contribution in [0.2, 0.25) is 5.02 Å². The second kappa shape index (κ2) is 6.29. The number of pyridine rings is 1. The Morgan fingerprint density at radius 1 is 1.24 bits per heavy atom. The summed E-state index contributed by atoms with van der Waals surface area (Å²) in [4.78, 5) is 7.84. The Balaban J connectivity index is 2.41. The predicted molar refractivity (Wildman–Crippen MR) is 73.7 cm³/mol. The minimum Gasteiger partial charge on any atom is -0.465 e. The molecule has 21 heavy (non-hydrogen) atoms. The van der Waals surface area contributed by atoms with Crippen molar-refractivity contribution in [3.63, 3.8) is 0 Å². The van der Waals surface area contributed by atoms with Crippen LogP contribution in [-0.4, -0.2) is 48.7 Å². The first-order valence-electron chi connectivity index (χ1n) is 5.59. The maximum atomic E-state index is 11.3. The topological polar surface area (TPSA) is 104 Å². The van der Waals surface area contributed by atoms with Gasteiger partial charge in [-0.15, -0.1) is 10.2 Å². The molecule has 0 N–H and O–H groups in total. The lowest BCUT2D eigenvalue weighted by molar-refractivity contribution is 0.0513. The second-order valence-corrected chi connectivity index (χ2v) is 6.30. The van der Waals surface area contributed by atoms with Crippen LogP contribution in [0.1, 0.15) is 0 Å². The molecule has 0 atom stereocenters. The van der Waals surface area contributed by atoms with Crippen LogP contribution < -0.4 is 4.74 Å². The van der Waals surface area contributed by atoms with Crippen molar-refractivity contribution >= 4 is 21.4 Å². The number of ether oxygens (including phenoxy) is 2. The van der Waals surface area contributed by atoms with Crippen LogP contribution in [0.3, 0.4) is 0 Å². The summed E-state index contributed by atoms with van der Waals surface area (Å²) in [7, 11) is -2.04. The van der Waals surface area contributed by atoms with Gasteiger partial charge >= 0.3 is 0 Å². The highest BCUT2D eigenvalue weighted by atomic mass is 35.5. The van der Waals surface area contributed by atoms with Crippen LogP contribution in [0.15, 0.2) is 23.6 Å². The number of methoxy groups -OCH3 is 1. The Morgan fingerprint density at radius 3 is 2.57 bits per heavy atom. The lowest BCUT2D eigenvalue weighted by Crippen LogP contribution is -2.07. The lowest BCUT2D eigenvalue weighted by atomic mass is 10.2. The summed E-state index contributed by atoms with van der Waals surface area (Å²) >= 11 is 5.85. The molecule has 0 bridgehead atoms. The molecule has 0 spiro atoms.